The standard InChI is InChI=1S/C25H26N4O2/c1-18-5-9-20(10-6-18)16-23(30)26-14-15-28-24-22(4-3-13-27-24)29(25(28)31)17-21-11-7-19(2)8-12-21/h3-13H,14-17H2,1-2H3,(H,26,30). The quantitative estimate of drug-likeness (QED) is 0.505. The van der Waals surface area contributed by atoms with Crippen LogP contribution in [0.3, 0.4) is 0 Å². The molecule has 0 bridgehead atoms. The van der Waals surface area contributed by atoms with Crippen LogP contribution in [-0.2, 0) is 24.3 Å². The zero-order chi connectivity index (χ0) is 21.8. The van der Waals surface area contributed by atoms with E-state index < -0.39 is 0 Å². The van der Waals surface area contributed by atoms with Gasteiger partial charge >= 0.3 is 5.69 Å². The molecule has 0 aliphatic rings. The molecule has 0 saturated carbocycles. The van der Waals surface area contributed by atoms with Crippen LogP contribution in [0.4, 0.5) is 0 Å². The van der Waals surface area contributed by atoms with Crippen molar-refractivity contribution in [1.82, 2.24) is 19.4 Å². The van der Waals surface area contributed by atoms with Crippen LogP contribution in [0.5, 0.6) is 0 Å². The molecule has 2 aromatic heterocycles. The van der Waals surface area contributed by atoms with Crippen LogP contribution in [0.1, 0.15) is 22.3 Å². The Labute approximate surface area is 181 Å². The lowest BCUT2D eigenvalue weighted by Gasteiger charge is -2.07. The SMILES string of the molecule is Cc1ccc(CC(=O)NCCn2c(=O)n(Cc3ccc(C)cc3)c3cccnc32)cc1. The maximum Gasteiger partial charge on any atom is 0.330 e. The second-order valence-corrected chi connectivity index (χ2v) is 7.86. The molecule has 31 heavy (non-hydrogen) atoms. The molecular formula is C25H26N4O2. The highest BCUT2D eigenvalue weighted by Gasteiger charge is 2.14. The molecule has 0 fully saturated rings. The summed E-state index contributed by atoms with van der Waals surface area (Å²) in [5.74, 6) is -0.0618. The van der Waals surface area contributed by atoms with E-state index in [4.69, 9.17) is 0 Å². The number of carbonyl (C=O) groups excluding carboxylic acids is 1. The third kappa shape index (κ3) is 4.74. The van der Waals surface area contributed by atoms with Gasteiger partial charge in [-0.3, -0.25) is 13.9 Å². The van der Waals surface area contributed by atoms with Gasteiger partial charge in [0.1, 0.15) is 0 Å². The molecule has 1 N–H and O–H groups in total. The first-order valence-electron chi connectivity index (χ1n) is 10.4. The van der Waals surface area contributed by atoms with Gasteiger partial charge in [0.15, 0.2) is 5.65 Å². The Morgan fingerprint density at radius 1 is 0.903 bits per heavy atom. The monoisotopic (exact) mass is 414 g/mol. The minimum Gasteiger partial charge on any atom is -0.354 e. The van der Waals surface area contributed by atoms with Gasteiger partial charge in [0, 0.05) is 19.3 Å². The number of fused-ring (bicyclic) bond motifs is 1. The molecular weight excluding hydrogens is 388 g/mol. The third-order valence-electron chi connectivity index (χ3n) is 5.38. The summed E-state index contributed by atoms with van der Waals surface area (Å²) in [5, 5.41) is 2.92. The Morgan fingerprint density at radius 2 is 1.55 bits per heavy atom. The molecule has 0 radical (unpaired) electrons. The molecule has 0 unspecified atom stereocenters. The lowest BCUT2D eigenvalue weighted by molar-refractivity contribution is -0.120. The van der Waals surface area contributed by atoms with Gasteiger partial charge in [0.25, 0.3) is 0 Å². The van der Waals surface area contributed by atoms with Crippen molar-refractivity contribution in [3.63, 3.8) is 0 Å². The Bertz CT molecular complexity index is 1250. The molecule has 0 aliphatic heterocycles. The van der Waals surface area contributed by atoms with E-state index in [1.165, 1.54) is 5.56 Å². The van der Waals surface area contributed by atoms with Gasteiger partial charge in [-0.1, -0.05) is 59.7 Å². The first-order valence-corrected chi connectivity index (χ1v) is 10.4. The Balaban J connectivity index is 1.48. The van der Waals surface area contributed by atoms with E-state index in [1.54, 1.807) is 15.3 Å². The van der Waals surface area contributed by atoms with E-state index in [2.05, 4.69) is 10.3 Å². The summed E-state index contributed by atoms with van der Waals surface area (Å²) in [6, 6.07) is 19.8. The lowest BCUT2D eigenvalue weighted by Crippen LogP contribution is -2.32. The summed E-state index contributed by atoms with van der Waals surface area (Å²) < 4.78 is 3.37. The van der Waals surface area contributed by atoms with Crippen molar-refractivity contribution in [2.45, 2.75) is 33.4 Å². The number of hydrogen-bond acceptors (Lipinski definition) is 3. The van der Waals surface area contributed by atoms with Gasteiger partial charge in [0.05, 0.1) is 18.5 Å². The van der Waals surface area contributed by atoms with Crippen LogP contribution in [0.25, 0.3) is 11.2 Å². The zero-order valence-electron chi connectivity index (χ0n) is 17.8. The third-order valence-corrected chi connectivity index (χ3v) is 5.38. The summed E-state index contributed by atoms with van der Waals surface area (Å²) >= 11 is 0. The summed E-state index contributed by atoms with van der Waals surface area (Å²) in [5.41, 5.74) is 5.67. The highest BCUT2D eigenvalue weighted by atomic mass is 16.2. The number of nitrogens with zero attached hydrogens (tertiary/aromatic N) is 3. The van der Waals surface area contributed by atoms with Crippen molar-refractivity contribution in [1.29, 1.82) is 0 Å². The fraction of sp³-hybridized carbons (Fsp3) is 0.240. The molecule has 0 saturated heterocycles. The highest BCUT2D eigenvalue weighted by molar-refractivity contribution is 5.78. The van der Waals surface area contributed by atoms with E-state index in [1.807, 2.05) is 74.5 Å². The first-order chi connectivity index (χ1) is 15.0. The number of aromatic nitrogens is 3. The number of benzene rings is 2. The molecule has 4 rings (SSSR count). The van der Waals surface area contributed by atoms with E-state index in [-0.39, 0.29) is 11.6 Å². The van der Waals surface area contributed by atoms with Crippen LogP contribution in [0, 0.1) is 13.8 Å². The summed E-state index contributed by atoms with van der Waals surface area (Å²) in [6.07, 6.45) is 2.01. The molecule has 0 spiro atoms. The number of hydrogen-bond donors (Lipinski definition) is 1. The Morgan fingerprint density at radius 3 is 2.23 bits per heavy atom. The Hall–Kier alpha value is -3.67. The predicted molar refractivity (Wildman–Crippen MR) is 122 cm³/mol. The molecule has 0 aliphatic carbocycles. The molecule has 6 heteroatoms. The molecule has 6 nitrogen and oxygen atoms in total. The predicted octanol–water partition coefficient (Wildman–Crippen LogP) is 3.22. The number of aryl methyl sites for hydroxylation is 2. The van der Waals surface area contributed by atoms with E-state index in [0.717, 1.165) is 22.2 Å². The minimum absolute atomic E-state index is 0.0618. The lowest BCUT2D eigenvalue weighted by atomic mass is 10.1. The van der Waals surface area contributed by atoms with Crippen LogP contribution >= 0.6 is 0 Å². The molecule has 2 heterocycles. The maximum absolute atomic E-state index is 13.1. The van der Waals surface area contributed by atoms with Gasteiger partial charge < -0.3 is 5.32 Å². The number of rotatable bonds is 7. The van der Waals surface area contributed by atoms with Gasteiger partial charge in [-0.2, -0.15) is 0 Å². The molecule has 1 amide bonds. The minimum atomic E-state index is -0.123. The molecule has 0 atom stereocenters. The Kier molecular flexibility index (Phi) is 5.98. The largest absolute Gasteiger partial charge is 0.354 e. The van der Waals surface area contributed by atoms with Crippen molar-refractivity contribution >= 4 is 17.1 Å². The van der Waals surface area contributed by atoms with Gasteiger partial charge in [-0.15, -0.1) is 0 Å². The first kappa shape index (κ1) is 20.6. The van der Waals surface area contributed by atoms with Crippen molar-refractivity contribution in [2.24, 2.45) is 0 Å². The van der Waals surface area contributed by atoms with Crippen molar-refractivity contribution in [3.8, 4) is 0 Å². The second kappa shape index (κ2) is 9.00. The fourth-order valence-electron chi connectivity index (χ4n) is 3.64. The van der Waals surface area contributed by atoms with Crippen molar-refractivity contribution in [2.75, 3.05) is 6.54 Å². The number of carbonyl (C=O) groups is 1. The van der Waals surface area contributed by atoms with Crippen LogP contribution in [0.15, 0.2) is 71.7 Å². The number of pyridine rings is 1. The van der Waals surface area contributed by atoms with E-state index >= 15 is 0 Å². The van der Waals surface area contributed by atoms with Crippen molar-refractivity contribution < 1.29 is 4.79 Å². The van der Waals surface area contributed by atoms with Gasteiger partial charge in [0.2, 0.25) is 5.91 Å². The van der Waals surface area contributed by atoms with Gasteiger partial charge in [-0.05, 0) is 37.1 Å². The van der Waals surface area contributed by atoms with E-state index in [9.17, 15) is 9.59 Å². The van der Waals surface area contributed by atoms with Crippen molar-refractivity contribution in [3.05, 3.63) is 99.6 Å². The molecule has 158 valence electrons. The number of imidazole rings is 1. The second-order valence-electron chi connectivity index (χ2n) is 7.86. The zero-order valence-corrected chi connectivity index (χ0v) is 17.8. The van der Waals surface area contributed by atoms with Crippen LogP contribution in [0.2, 0.25) is 0 Å². The van der Waals surface area contributed by atoms with Crippen LogP contribution < -0.4 is 11.0 Å². The van der Waals surface area contributed by atoms with Crippen LogP contribution in [-0.4, -0.2) is 26.6 Å². The molecule has 4 aromatic rings. The normalized spacial score (nSPS) is 11.0. The average Bonchev–Trinajstić information content (AvgIpc) is 3.03. The summed E-state index contributed by atoms with van der Waals surface area (Å²) in [7, 11) is 0. The average molecular weight is 415 g/mol. The summed E-state index contributed by atoms with van der Waals surface area (Å²) in [6.45, 7) is 5.27. The fourth-order valence-corrected chi connectivity index (χ4v) is 3.64. The highest BCUT2D eigenvalue weighted by Crippen LogP contribution is 2.13. The number of nitrogens with one attached hydrogen (secondary N) is 1. The summed E-state index contributed by atoms with van der Waals surface area (Å²) in [4.78, 5) is 29.8. The van der Waals surface area contributed by atoms with E-state index in [0.29, 0.717) is 31.7 Å². The maximum atomic E-state index is 13.1. The molecule has 2 aromatic carbocycles. The number of amides is 1. The van der Waals surface area contributed by atoms with Gasteiger partial charge in [-0.25, -0.2) is 9.78 Å². The topological polar surface area (TPSA) is 68.9 Å². The smallest absolute Gasteiger partial charge is 0.330 e.